The number of rotatable bonds is 3. The van der Waals surface area contributed by atoms with E-state index in [-0.39, 0.29) is 23.7 Å². The third kappa shape index (κ3) is 5.40. The third-order valence-corrected chi connectivity index (χ3v) is 7.21. The number of amides is 2. The molecule has 4 unspecified atom stereocenters. The quantitative estimate of drug-likeness (QED) is 0.438. The Morgan fingerprint density at radius 1 is 0.818 bits per heavy atom. The molecule has 0 bridgehead atoms. The zero-order chi connectivity index (χ0) is 24.3. The van der Waals surface area contributed by atoms with Gasteiger partial charge in [-0.15, -0.1) is 0 Å². The number of halogens is 4. The van der Waals surface area contributed by atoms with Crippen molar-refractivity contribution in [2.75, 3.05) is 20.2 Å². The molecule has 176 valence electrons. The smallest absolute Gasteiger partial charge is 0.318 e. The zero-order valence-corrected chi connectivity index (χ0v) is 20.9. The van der Waals surface area contributed by atoms with Crippen LogP contribution in [0.5, 0.6) is 0 Å². The van der Waals surface area contributed by atoms with Gasteiger partial charge >= 0.3 is 5.97 Å². The van der Waals surface area contributed by atoms with Gasteiger partial charge in [-0.05, 0) is 35.4 Å². The minimum absolute atomic E-state index is 0.0657. The molecule has 2 aromatic rings. The van der Waals surface area contributed by atoms with E-state index in [9.17, 15) is 14.4 Å². The van der Waals surface area contributed by atoms with E-state index in [1.807, 2.05) is 13.0 Å². The van der Waals surface area contributed by atoms with Crippen LogP contribution in [-0.4, -0.2) is 38.0 Å². The molecule has 2 aliphatic heterocycles. The van der Waals surface area contributed by atoms with Crippen LogP contribution in [0.25, 0.3) is 0 Å². The molecule has 6 nitrogen and oxygen atoms in total. The van der Waals surface area contributed by atoms with E-state index in [2.05, 4.69) is 15.4 Å². The molecule has 0 aliphatic carbocycles. The van der Waals surface area contributed by atoms with Gasteiger partial charge in [0.05, 0.1) is 7.11 Å². The molecule has 2 saturated heterocycles. The predicted molar refractivity (Wildman–Crippen MR) is 129 cm³/mol. The lowest BCUT2D eigenvalue weighted by atomic mass is 9.88. The van der Waals surface area contributed by atoms with Gasteiger partial charge in [0.15, 0.2) is 0 Å². The van der Waals surface area contributed by atoms with Crippen LogP contribution < -0.4 is 10.6 Å². The fourth-order valence-corrected chi connectivity index (χ4v) is 5.46. The monoisotopic (exact) mass is 530 g/mol. The first-order valence-corrected chi connectivity index (χ1v) is 11.7. The first kappa shape index (κ1) is 25.6. The summed E-state index contributed by atoms with van der Waals surface area (Å²) in [4.78, 5) is 34.7. The van der Waals surface area contributed by atoms with Crippen LogP contribution >= 0.6 is 46.4 Å². The van der Waals surface area contributed by atoms with E-state index < -0.39 is 17.8 Å². The Kier molecular flexibility index (Phi) is 8.51. The van der Waals surface area contributed by atoms with Crippen LogP contribution in [0.15, 0.2) is 36.4 Å². The van der Waals surface area contributed by atoms with Gasteiger partial charge in [0.25, 0.3) is 0 Å². The molecule has 2 amide bonds. The van der Waals surface area contributed by atoms with Gasteiger partial charge in [-0.3, -0.25) is 14.4 Å². The van der Waals surface area contributed by atoms with Crippen molar-refractivity contribution in [3.8, 4) is 0 Å². The first-order valence-electron chi connectivity index (χ1n) is 10.2. The minimum atomic E-state index is -0.896. The first-order chi connectivity index (χ1) is 15.7. The SMILES string of the molecule is CC1C(=O)NCC1c1c(Cl)cccc1Cl.COC(=O)C1C(=O)NCC1c1c(Cl)cccc1Cl. The Hall–Kier alpha value is -1.99. The number of carbonyl (C=O) groups is 3. The van der Waals surface area contributed by atoms with E-state index in [4.69, 9.17) is 46.4 Å². The summed E-state index contributed by atoms with van der Waals surface area (Å²) in [6.07, 6.45) is 0. The van der Waals surface area contributed by atoms with Crippen molar-refractivity contribution < 1.29 is 19.1 Å². The molecule has 0 aromatic heterocycles. The topological polar surface area (TPSA) is 84.5 Å². The highest BCUT2D eigenvalue weighted by Crippen LogP contribution is 2.39. The van der Waals surface area contributed by atoms with E-state index in [1.54, 1.807) is 30.3 Å². The Balaban J connectivity index is 0.000000189. The van der Waals surface area contributed by atoms with Gasteiger partial charge in [-0.25, -0.2) is 0 Å². The largest absolute Gasteiger partial charge is 0.468 e. The van der Waals surface area contributed by atoms with Crippen molar-refractivity contribution in [1.82, 2.24) is 10.6 Å². The van der Waals surface area contributed by atoms with Crippen LogP contribution in [0, 0.1) is 11.8 Å². The summed E-state index contributed by atoms with van der Waals surface area (Å²) in [7, 11) is 1.25. The molecule has 33 heavy (non-hydrogen) atoms. The summed E-state index contributed by atoms with van der Waals surface area (Å²) in [5.41, 5.74) is 1.49. The number of nitrogens with one attached hydrogen (secondary N) is 2. The van der Waals surface area contributed by atoms with Gasteiger partial charge in [-0.2, -0.15) is 0 Å². The summed E-state index contributed by atoms with van der Waals surface area (Å²) in [5.74, 6) is -2.15. The van der Waals surface area contributed by atoms with Crippen molar-refractivity contribution in [1.29, 1.82) is 0 Å². The highest BCUT2D eigenvalue weighted by atomic mass is 35.5. The number of ether oxygens (including phenoxy) is 1. The second kappa shape index (κ2) is 11.0. The van der Waals surface area contributed by atoms with Gasteiger partial charge in [-0.1, -0.05) is 65.5 Å². The molecular formula is C23H22Cl4N2O4. The third-order valence-electron chi connectivity index (χ3n) is 5.89. The van der Waals surface area contributed by atoms with Crippen molar-refractivity contribution in [2.24, 2.45) is 11.8 Å². The van der Waals surface area contributed by atoms with Crippen LogP contribution in [0.3, 0.4) is 0 Å². The summed E-state index contributed by atoms with van der Waals surface area (Å²) in [6.45, 7) is 2.83. The van der Waals surface area contributed by atoms with Crippen LogP contribution in [0.1, 0.15) is 29.9 Å². The Labute approximate surface area is 211 Å². The lowest BCUT2D eigenvalue weighted by Gasteiger charge is -2.17. The van der Waals surface area contributed by atoms with Crippen molar-refractivity contribution >= 4 is 64.2 Å². The van der Waals surface area contributed by atoms with Gasteiger partial charge in [0.2, 0.25) is 11.8 Å². The van der Waals surface area contributed by atoms with Gasteiger partial charge in [0.1, 0.15) is 5.92 Å². The molecule has 2 heterocycles. The lowest BCUT2D eigenvalue weighted by Crippen LogP contribution is -2.28. The number of hydrogen-bond donors (Lipinski definition) is 2. The van der Waals surface area contributed by atoms with E-state index in [0.717, 1.165) is 5.56 Å². The fraction of sp³-hybridized carbons (Fsp3) is 0.348. The minimum Gasteiger partial charge on any atom is -0.468 e. The summed E-state index contributed by atoms with van der Waals surface area (Å²) in [5, 5.41) is 7.60. The maximum absolute atomic E-state index is 11.7. The average molecular weight is 532 g/mol. The van der Waals surface area contributed by atoms with E-state index in [1.165, 1.54) is 7.11 Å². The number of methoxy groups -OCH3 is 1. The Morgan fingerprint density at radius 3 is 1.67 bits per heavy atom. The predicted octanol–water partition coefficient (Wildman–Crippen LogP) is 4.84. The number of carbonyl (C=O) groups excluding carboxylic acids is 3. The standard InChI is InChI=1S/C12H11Cl2NO3.C11H11Cl2NO/c1-18-12(17)10-6(5-15-11(10)16)9-7(13)3-2-4-8(9)14;1-6-7(5-14-11(6)15)10-8(12)3-2-4-9(10)13/h2-4,6,10H,5H2,1H3,(H,15,16);2-4,6-7H,5H2,1H3,(H,14,15). The molecule has 10 heteroatoms. The second-order valence-corrected chi connectivity index (χ2v) is 9.39. The second-order valence-electron chi connectivity index (χ2n) is 7.76. The summed E-state index contributed by atoms with van der Waals surface area (Å²) >= 11 is 24.4. The van der Waals surface area contributed by atoms with Gasteiger partial charge in [0, 0.05) is 50.9 Å². The zero-order valence-electron chi connectivity index (χ0n) is 17.8. The maximum Gasteiger partial charge on any atom is 0.318 e. The molecule has 4 atom stereocenters. The van der Waals surface area contributed by atoms with Crippen LogP contribution in [0.2, 0.25) is 20.1 Å². The molecule has 2 aromatic carbocycles. The molecule has 2 fully saturated rings. The summed E-state index contributed by atoms with van der Waals surface area (Å²) < 4.78 is 4.65. The Bertz CT molecular complexity index is 1040. The average Bonchev–Trinajstić information content (AvgIpc) is 3.31. The van der Waals surface area contributed by atoms with Crippen LogP contribution in [0.4, 0.5) is 0 Å². The van der Waals surface area contributed by atoms with E-state index >= 15 is 0 Å². The molecule has 2 aliphatic rings. The number of esters is 1. The van der Waals surface area contributed by atoms with Crippen molar-refractivity contribution in [3.05, 3.63) is 67.6 Å². The molecule has 0 radical (unpaired) electrons. The molecule has 0 spiro atoms. The highest BCUT2D eigenvalue weighted by Gasteiger charge is 2.43. The van der Waals surface area contributed by atoms with Crippen LogP contribution in [-0.2, 0) is 19.1 Å². The fourth-order valence-electron chi connectivity index (χ4n) is 4.10. The molecular weight excluding hydrogens is 510 g/mol. The van der Waals surface area contributed by atoms with Gasteiger partial charge < -0.3 is 15.4 Å². The molecule has 0 saturated carbocycles. The highest BCUT2D eigenvalue weighted by molar-refractivity contribution is 6.36. The van der Waals surface area contributed by atoms with E-state index in [0.29, 0.717) is 38.7 Å². The normalized spacial score (nSPS) is 23.9. The molecule has 2 N–H and O–H groups in total. The Morgan fingerprint density at radius 2 is 1.24 bits per heavy atom. The lowest BCUT2D eigenvalue weighted by molar-refractivity contribution is -0.149. The molecule has 4 rings (SSSR count). The number of benzene rings is 2. The summed E-state index contributed by atoms with van der Waals surface area (Å²) in [6, 6.07) is 10.5. The maximum atomic E-state index is 11.7. The number of hydrogen-bond acceptors (Lipinski definition) is 4. The van der Waals surface area contributed by atoms with Crippen molar-refractivity contribution in [2.45, 2.75) is 18.8 Å². The van der Waals surface area contributed by atoms with Crippen molar-refractivity contribution in [3.63, 3.8) is 0 Å².